The molecule has 0 atom stereocenters. The maximum atomic E-state index is 12.1. The third-order valence-corrected chi connectivity index (χ3v) is 3.99. The first-order chi connectivity index (χ1) is 11.4. The number of aliphatic carboxylic acids is 1. The number of benzene rings is 1. The van der Waals surface area contributed by atoms with Crippen LogP contribution in [-0.4, -0.2) is 42.1 Å². The number of nitrogens with one attached hydrogen (secondary N) is 2. The van der Waals surface area contributed by atoms with Crippen LogP contribution in [0.5, 0.6) is 5.75 Å². The summed E-state index contributed by atoms with van der Waals surface area (Å²) < 4.78 is 5.05. The van der Waals surface area contributed by atoms with Crippen molar-refractivity contribution in [3.63, 3.8) is 0 Å². The number of amides is 2. The normalized spacial score (nSPS) is 10.8. The van der Waals surface area contributed by atoms with Crippen molar-refractivity contribution in [1.82, 2.24) is 10.6 Å². The van der Waals surface area contributed by atoms with E-state index in [1.807, 2.05) is 13.8 Å². The summed E-state index contributed by atoms with van der Waals surface area (Å²) in [5.74, 6) is -1.25. The summed E-state index contributed by atoms with van der Waals surface area (Å²) in [6, 6.07) is 6.58. The molecule has 2 amide bonds. The van der Waals surface area contributed by atoms with E-state index in [4.69, 9.17) is 9.84 Å². The first-order valence-corrected chi connectivity index (χ1v) is 7.81. The molecule has 0 aliphatic rings. The highest BCUT2D eigenvalue weighted by molar-refractivity contribution is 5.96. The van der Waals surface area contributed by atoms with Gasteiger partial charge < -0.3 is 20.5 Å². The summed E-state index contributed by atoms with van der Waals surface area (Å²) in [6.07, 6.45) is 0.826. The van der Waals surface area contributed by atoms with E-state index in [-0.39, 0.29) is 13.0 Å². The minimum atomic E-state index is -0.973. The summed E-state index contributed by atoms with van der Waals surface area (Å²) in [5, 5.41) is 14.3. The van der Waals surface area contributed by atoms with Gasteiger partial charge in [0.1, 0.15) is 5.75 Å². The molecule has 0 heterocycles. The molecule has 0 unspecified atom stereocenters. The van der Waals surface area contributed by atoms with Gasteiger partial charge in [0, 0.05) is 5.56 Å². The second-order valence-corrected chi connectivity index (χ2v) is 5.52. The van der Waals surface area contributed by atoms with Crippen LogP contribution >= 0.6 is 0 Å². The van der Waals surface area contributed by atoms with Crippen molar-refractivity contribution < 1.29 is 24.2 Å². The second kappa shape index (κ2) is 8.90. The average Bonchev–Trinajstić information content (AvgIpc) is 2.58. The maximum absolute atomic E-state index is 12.1. The zero-order valence-corrected chi connectivity index (χ0v) is 14.2. The Bertz CT molecular complexity index is 596. The summed E-state index contributed by atoms with van der Waals surface area (Å²) in [6.45, 7) is 3.42. The Labute approximate surface area is 141 Å². The lowest BCUT2D eigenvalue weighted by Gasteiger charge is -2.31. The van der Waals surface area contributed by atoms with E-state index in [1.54, 1.807) is 24.3 Å². The van der Waals surface area contributed by atoms with E-state index in [0.717, 1.165) is 0 Å². The van der Waals surface area contributed by atoms with Crippen LogP contribution in [0.2, 0.25) is 0 Å². The number of carbonyl (C=O) groups excluding carboxylic acids is 2. The Morgan fingerprint density at radius 3 is 2.42 bits per heavy atom. The fourth-order valence-corrected chi connectivity index (χ4v) is 2.38. The molecule has 1 aromatic carbocycles. The number of carbonyl (C=O) groups is 3. The summed E-state index contributed by atoms with van der Waals surface area (Å²) >= 11 is 0. The van der Waals surface area contributed by atoms with E-state index in [1.165, 1.54) is 7.11 Å². The van der Waals surface area contributed by atoms with Crippen LogP contribution in [0.25, 0.3) is 0 Å². The van der Waals surface area contributed by atoms with Gasteiger partial charge in [-0.25, -0.2) is 0 Å². The van der Waals surface area contributed by atoms with E-state index in [2.05, 4.69) is 10.6 Å². The molecule has 0 aliphatic carbocycles. The average molecular weight is 336 g/mol. The molecule has 7 nitrogen and oxygen atoms in total. The molecule has 0 aliphatic heterocycles. The number of hydrogen-bond acceptors (Lipinski definition) is 4. The van der Waals surface area contributed by atoms with Gasteiger partial charge in [0.2, 0.25) is 5.91 Å². The number of carboxylic acid groups (broad SMARTS) is 1. The molecule has 1 rings (SSSR count). The zero-order valence-electron chi connectivity index (χ0n) is 14.2. The Kier molecular flexibility index (Phi) is 7.23. The number of rotatable bonds is 9. The highest BCUT2D eigenvalue weighted by atomic mass is 16.5. The Hall–Kier alpha value is -2.57. The molecule has 0 fully saturated rings. The molecule has 24 heavy (non-hydrogen) atoms. The zero-order chi connectivity index (χ0) is 18.2. The molecule has 0 saturated heterocycles. The quantitative estimate of drug-likeness (QED) is 0.635. The lowest BCUT2D eigenvalue weighted by atomic mass is 9.89. The van der Waals surface area contributed by atoms with Crippen molar-refractivity contribution in [2.24, 2.45) is 0 Å². The molecule has 0 aromatic heterocycles. The van der Waals surface area contributed by atoms with E-state index in [9.17, 15) is 14.4 Å². The second-order valence-electron chi connectivity index (χ2n) is 5.52. The highest BCUT2D eigenvalue weighted by Gasteiger charge is 2.30. The Balaban J connectivity index is 2.64. The lowest BCUT2D eigenvalue weighted by Crippen LogP contribution is -2.52. The molecule has 0 radical (unpaired) electrons. The van der Waals surface area contributed by atoms with Gasteiger partial charge >= 0.3 is 5.97 Å². The Morgan fingerprint density at radius 2 is 1.88 bits per heavy atom. The monoisotopic (exact) mass is 336 g/mol. The minimum absolute atomic E-state index is 0.157. The van der Waals surface area contributed by atoms with Crippen LogP contribution in [0.4, 0.5) is 0 Å². The third kappa shape index (κ3) is 5.57. The topological polar surface area (TPSA) is 105 Å². The van der Waals surface area contributed by atoms with Crippen molar-refractivity contribution >= 4 is 17.8 Å². The maximum Gasteiger partial charge on any atom is 0.305 e. The first kappa shape index (κ1) is 19.5. The van der Waals surface area contributed by atoms with Gasteiger partial charge in [0.05, 0.1) is 25.6 Å². The molecule has 1 aromatic rings. The smallest absolute Gasteiger partial charge is 0.305 e. The van der Waals surface area contributed by atoms with Crippen molar-refractivity contribution in [1.29, 1.82) is 0 Å². The summed E-state index contributed by atoms with van der Waals surface area (Å²) in [5.41, 5.74) is -0.422. The van der Waals surface area contributed by atoms with Gasteiger partial charge in [-0.05, 0) is 31.0 Å². The molecule has 3 N–H and O–H groups in total. The predicted octanol–water partition coefficient (Wildman–Crippen LogP) is 1.57. The van der Waals surface area contributed by atoms with Crippen LogP contribution in [-0.2, 0) is 9.59 Å². The van der Waals surface area contributed by atoms with Crippen LogP contribution in [0, 0.1) is 0 Å². The van der Waals surface area contributed by atoms with Gasteiger partial charge in [-0.15, -0.1) is 0 Å². The number of hydrogen-bond donors (Lipinski definition) is 3. The molecular weight excluding hydrogens is 312 g/mol. The standard InChI is InChI=1S/C17H24N2O5/c1-4-17(5-2,10-15(21)22)19-14(20)11-18-16(23)12-7-6-8-13(9-12)24-3/h6-9H,4-5,10-11H2,1-3H3,(H,18,23)(H,19,20)(H,21,22). The van der Waals surface area contributed by atoms with Crippen molar-refractivity contribution in [2.75, 3.05) is 13.7 Å². The van der Waals surface area contributed by atoms with E-state index >= 15 is 0 Å². The van der Waals surface area contributed by atoms with Crippen LogP contribution in [0.1, 0.15) is 43.5 Å². The van der Waals surface area contributed by atoms with Gasteiger partial charge in [-0.3, -0.25) is 14.4 Å². The SMILES string of the molecule is CCC(CC)(CC(=O)O)NC(=O)CNC(=O)c1cccc(OC)c1. The highest BCUT2D eigenvalue weighted by Crippen LogP contribution is 2.19. The number of carboxylic acids is 1. The van der Waals surface area contributed by atoms with Crippen molar-refractivity contribution in [2.45, 2.75) is 38.6 Å². The summed E-state index contributed by atoms with van der Waals surface area (Å²) in [7, 11) is 1.50. The predicted molar refractivity (Wildman–Crippen MR) is 89.0 cm³/mol. The van der Waals surface area contributed by atoms with Crippen LogP contribution in [0.15, 0.2) is 24.3 Å². The molecular formula is C17H24N2O5. The lowest BCUT2D eigenvalue weighted by molar-refractivity contribution is -0.139. The number of ether oxygens (including phenoxy) is 1. The van der Waals surface area contributed by atoms with Gasteiger partial charge in [0.15, 0.2) is 0 Å². The minimum Gasteiger partial charge on any atom is -0.497 e. The fraction of sp³-hybridized carbons (Fsp3) is 0.471. The Morgan fingerprint density at radius 1 is 1.21 bits per heavy atom. The molecule has 0 bridgehead atoms. The molecule has 0 spiro atoms. The number of methoxy groups -OCH3 is 1. The third-order valence-electron chi connectivity index (χ3n) is 3.99. The summed E-state index contributed by atoms with van der Waals surface area (Å²) in [4.78, 5) is 35.1. The largest absolute Gasteiger partial charge is 0.497 e. The van der Waals surface area contributed by atoms with E-state index in [0.29, 0.717) is 24.2 Å². The van der Waals surface area contributed by atoms with Gasteiger partial charge in [0.25, 0.3) is 5.91 Å². The van der Waals surface area contributed by atoms with Gasteiger partial charge in [-0.1, -0.05) is 19.9 Å². The van der Waals surface area contributed by atoms with Crippen molar-refractivity contribution in [3.05, 3.63) is 29.8 Å². The molecule has 7 heteroatoms. The van der Waals surface area contributed by atoms with Crippen LogP contribution < -0.4 is 15.4 Å². The van der Waals surface area contributed by atoms with E-state index < -0.39 is 23.3 Å². The molecule has 132 valence electrons. The first-order valence-electron chi connectivity index (χ1n) is 7.81. The van der Waals surface area contributed by atoms with Gasteiger partial charge in [-0.2, -0.15) is 0 Å². The van der Waals surface area contributed by atoms with Crippen LogP contribution in [0.3, 0.4) is 0 Å². The molecule has 0 saturated carbocycles. The van der Waals surface area contributed by atoms with Crippen molar-refractivity contribution in [3.8, 4) is 5.75 Å². The fourth-order valence-electron chi connectivity index (χ4n) is 2.38.